The summed E-state index contributed by atoms with van der Waals surface area (Å²) >= 11 is 0. The fraction of sp³-hybridized carbons (Fsp3) is 0.562. The molecule has 0 aliphatic rings. The number of benzene rings is 1. The fourth-order valence-electron chi connectivity index (χ4n) is 1.59. The lowest BCUT2D eigenvalue weighted by Crippen LogP contribution is -2.36. The van der Waals surface area contributed by atoms with E-state index in [0.29, 0.717) is 36.1 Å². The van der Waals surface area contributed by atoms with Crippen LogP contribution in [0.15, 0.2) is 18.2 Å². The van der Waals surface area contributed by atoms with Crippen LogP contribution >= 0.6 is 0 Å². The van der Waals surface area contributed by atoms with Gasteiger partial charge in [0.25, 0.3) is 5.91 Å². The predicted octanol–water partition coefficient (Wildman–Crippen LogP) is 3.08. The summed E-state index contributed by atoms with van der Waals surface area (Å²) in [5.41, 5.74) is 6.98. The summed E-state index contributed by atoms with van der Waals surface area (Å²) in [6.07, 6.45) is 0. The maximum Gasteiger partial charge on any atom is 0.251 e. The standard InChI is InChI=1S/C16H26N2O2/c1-6-20-14-8-7-12(9-13(14)17)15(19)18-10-16(4,5)11(2)3/h7-9,11H,6,10,17H2,1-5H3,(H,18,19). The monoisotopic (exact) mass is 278 g/mol. The van der Waals surface area contributed by atoms with E-state index in [2.05, 4.69) is 33.0 Å². The third-order valence-corrected chi connectivity index (χ3v) is 3.84. The maximum absolute atomic E-state index is 12.1. The molecule has 1 aromatic carbocycles. The SMILES string of the molecule is CCOc1ccc(C(=O)NCC(C)(C)C(C)C)cc1N. The molecule has 0 radical (unpaired) electrons. The van der Waals surface area contributed by atoms with E-state index < -0.39 is 0 Å². The Kier molecular flexibility index (Phi) is 5.43. The number of carbonyl (C=O) groups excluding carboxylic acids is 1. The summed E-state index contributed by atoms with van der Waals surface area (Å²) in [5, 5.41) is 2.96. The highest BCUT2D eigenvalue weighted by Gasteiger charge is 2.23. The molecule has 0 aliphatic heterocycles. The van der Waals surface area contributed by atoms with Gasteiger partial charge in [-0.25, -0.2) is 0 Å². The Morgan fingerprint density at radius 3 is 2.55 bits per heavy atom. The maximum atomic E-state index is 12.1. The molecule has 0 fully saturated rings. The molecule has 20 heavy (non-hydrogen) atoms. The Labute approximate surface area is 121 Å². The van der Waals surface area contributed by atoms with Gasteiger partial charge < -0.3 is 15.8 Å². The number of carbonyl (C=O) groups is 1. The van der Waals surface area contributed by atoms with E-state index in [4.69, 9.17) is 10.5 Å². The summed E-state index contributed by atoms with van der Waals surface area (Å²) in [6, 6.07) is 5.13. The number of amides is 1. The van der Waals surface area contributed by atoms with Crippen LogP contribution in [0.2, 0.25) is 0 Å². The van der Waals surface area contributed by atoms with E-state index in [1.165, 1.54) is 0 Å². The van der Waals surface area contributed by atoms with Gasteiger partial charge in [-0.2, -0.15) is 0 Å². The zero-order valence-electron chi connectivity index (χ0n) is 13.1. The molecular formula is C16H26N2O2. The van der Waals surface area contributed by atoms with E-state index in [1.807, 2.05) is 6.92 Å². The van der Waals surface area contributed by atoms with Crippen LogP contribution < -0.4 is 15.8 Å². The summed E-state index contributed by atoms with van der Waals surface area (Å²) in [7, 11) is 0. The highest BCUT2D eigenvalue weighted by atomic mass is 16.5. The average molecular weight is 278 g/mol. The molecular weight excluding hydrogens is 252 g/mol. The number of nitrogens with two attached hydrogens (primary N) is 1. The molecule has 112 valence electrons. The van der Waals surface area contributed by atoms with Gasteiger partial charge in [0.1, 0.15) is 5.75 Å². The van der Waals surface area contributed by atoms with Gasteiger partial charge in [-0.05, 0) is 36.5 Å². The molecule has 4 nitrogen and oxygen atoms in total. The normalized spacial score (nSPS) is 11.5. The van der Waals surface area contributed by atoms with Crippen molar-refractivity contribution in [2.45, 2.75) is 34.6 Å². The number of nitrogens with one attached hydrogen (secondary N) is 1. The fourth-order valence-corrected chi connectivity index (χ4v) is 1.59. The van der Waals surface area contributed by atoms with Gasteiger partial charge in [-0.15, -0.1) is 0 Å². The van der Waals surface area contributed by atoms with E-state index in [-0.39, 0.29) is 11.3 Å². The van der Waals surface area contributed by atoms with Crippen molar-refractivity contribution in [3.8, 4) is 5.75 Å². The molecule has 0 saturated carbocycles. The van der Waals surface area contributed by atoms with Gasteiger partial charge in [-0.1, -0.05) is 27.7 Å². The number of nitrogen functional groups attached to an aromatic ring is 1. The Hall–Kier alpha value is -1.71. The molecule has 0 aromatic heterocycles. The molecule has 0 atom stereocenters. The summed E-state index contributed by atoms with van der Waals surface area (Å²) < 4.78 is 5.36. The third kappa shape index (κ3) is 4.15. The van der Waals surface area contributed by atoms with Crippen LogP contribution in [-0.4, -0.2) is 19.1 Å². The first-order valence-corrected chi connectivity index (χ1v) is 7.08. The highest BCUT2D eigenvalue weighted by molar-refractivity contribution is 5.95. The summed E-state index contributed by atoms with van der Waals surface area (Å²) in [6.45, 7) is 11.7. The van der Waals surface area contributed by atoms with Gasteiger partial charge in [0.2, 0.25) is 0 Å². The second-order valence-corrected chi connectivity index (χ2v) is 6.01. The molecule has 4 heteroatoms. The van der Waals surface area contributed by atoms with Crippen LogP contribution in [0.5, 0.6) is 5.75 Å². The number of hydrogen-bond donors (Lipinski definition) is 2. The topological polar surface area (TPSA) is 64.3 Å². The Morgan fingerprint density at radius 1 is 1.40 bits per heavy atom. The molecule has 1 amide bonds. The van der Waals surface area contributed by atoms with E-state index in [1.54, 1.807) is 18.2 Å². The number of hydrogen-bond acceptors (Lipinski definition) is 3. The molecule has 3 N–H and O–H groups in total. The van der Waals surface area contributed by atoms with Crippen molar-refractivity contribution in [1.82, 2.24) is 5.32 Å². The molecule has 0 aliphatic carbocycles. The smallest absolute Gasteiger partial charge is 0.251 e. The van der Waals surface area contributed by atoms with E-state index in [9.17, 15) is 4.79 Å². The molecule has 1 rings (SSSR count). The van der Waals surface area contributed by atoms with Crippen molar-refractivity contribution in [3.63, 3.8) is 0 Å². The van der Waals surface area contributed by atoms with Crippen molar-refractivity contribution in [1.29, 1.82) is 0 Å². The lowest BCUT2D eigenvalue weighted by molar-refractivity contribution is 0.0925. The largest absolute Gasteiger partial charge is 0.492 e. The van der Waals surface area contributed by atoms with E-state index >= 15 is 0 Å². The van der Waals surface area contributed by atoms with Gasteiger partial charge in [-0.3, -0.25) is 4.79 Å². The van der Waals surface area contributed by atoms with Crippen molar-refractivity contribution in [3.05, 3.63) is 23.8 Å². The molecule has 0 heterocycles. The van der Waals surface area contributed by atoms with Gasteiger partial charge >= 0.3 is 0 Å². The van der Waals surface area contributed by atoms with Crippen molar-refractivity contribution in [2.24, 2.45) is 11.3 Å². The molecule has 1 aromatic rings. The van der Waals surface area contributed by atoms with Gasteiger partial charge in [0.05, 0.1) is 12.3 Å². The Balaban J connectivity index is 2.71. The lowest BCUT2D eigenvalue weighted by Gasteiger charge is -2.29. The molecule has 0 bridgehead atoms. The van der Waals surface area contributed by atoms with Crippen LogP contribution in [-0.2, 0) is 0 Å². The van der Waals surface area contributed by atoms with Gasteiger partial charge in [0.15, 0.2) is 0 Å². The molecule has 0 saturated heterocycles. The highest BCUT2D eigenvalue weighted by Crippen LogP contribution is 2.25. The first-order valence-electron chi connectivity index (χ1n) is 7.08. The quantitative estimate of drug-likeness (QED) is 0.786. The lowest BCUT2D eigenvalue weighted by atomic mass is 9.81. The van der Waals surface area contributed by atoms with Crippen molar-refractivity contribution >= 4 is 11.6 Å². The summed E-state index contributed by atoms with van der Waals surface area (Å²) in [5.74, 6) is 1.01. The van der Waals surface area contributed by atoms with Crippen LogP contribution in [0.3, 0.4) is 0 Å². The number of anilines is 1. The van der Waals surface area contributed by atoms with Crippen LogP contribution in [0.4, 0.5) is 5.69 Å². The molecule has 0 unspecified atom stereocenters. The third-order valence-electron chi connectivity index (χ3n) is 3.84. The van der Waals surface area contributed by atoms with E-state index in [0.717, 1.165) is 0 Å². The number of rotatable bonds is 6. The van der Waals surface area contributed by atoms with Gasteiger partial charge in [0, 0.05) is 12.1 Å². The zero-order chi connectivity index (χ0) is 15.3. The van der Waals surface area contributed by atoms with Crippen LogP contribution in [0, 0.1) is 11.3 Å². The van der Waals surface area contributed by atoms with Crippen LogP contribution in [0.1, 0.15) is 45.0 Å². The summed E-state index contributed by atoms with van der Waals surface area (Å²) in [4.78, 5) is 12.1. The minimum absolute atomic E-state index is 0.0620. The zero-order valence-corrected chi connectivity index (χ0v) is 13.1. The first kappa shape index (κ1) is 16.3. The Bertz CT molecular complexity index is 468. The molecule has 0 spiro atoms. The first-order chi connectivity index (χ1) is 9.27. The van der Waals surface area contributed by atoms with Crippen molar-refractivity contribution in [2.75, 3.05) is 18.9 Å². The number of ether oxygens (including phenoxy) is 1. The second-order valence-electron chi connectivity index (χ2n) is 6.01. The minimum Gasteiger partial charge on any atom is -0.492 e. The Morgan fingerprint density at radius 2 is 2.05 bits per heavy atom. The van der Waals surface area contributed by atoms with Crippen molar-refractivity contribution < 1.29 is 9.53 Å². The van der Waals surface area contributed by atoms with Crippen LogP contribution in [0.25, 0.3) is 0 Å². The average Bonchev–Trinajstić information content (AvgIpc) is 2.38. The predicted molar refractivity (Wildman–Crippen MR) is 83.0 cm³/mol. The second kappa shape index (κ2) is 6.64. The minimum atomic E-state index is -0.103.